The van der Waals surface area contributed by atoms with E-state index in [1.807, 2.05) is 0 Å². The van der Waals surface area contributed by atoms with E-state index in [1.165, 1.54) is 12.1 Å². The van der Waals surface area contributed by atoms with Crippen molar-refractivity contribution in [2.75, 3.05) is 0 Å². The van der Waals surface area contributed by atoms with Crippen molar-refractivity contribution in [1.29, 1.82) is 0 Å². The molecule has 1 atom stereocenters. The van der Waals surface area contributed by atoms with Crippen LogP contribution in [0, 0.1) is 0 Å². The number of ketones is 1. The number of carbonyl (C=O) groups excluding carboxylic acids is 1. The first-order chi connectivity index (χ1) is 6.96. The predicted molar refractivity (Wildman–Crippen MR) is 59.8 cm³/mol. The molecule has 0 amide bonds. The molecule has 1 aromatic carbocycles. The van der Waals surface area contributed by atoms with E-state index in [0.717, 1.165) is 5.37 Å². The van der Waals surface area contributed by atoms with E-state index < -0.39 is 21.2 Å². The fourth-order valence-corrected chi connectivity index (χ4v) is 2.13. The van der Waals surface area contributed by atoms with Crippen molar-refractivity contribution in [3.8, 4) is 0 Å². The van der Waals surface area contributed by atoms with Gasteiger partial charge in [0.15, 0.2) is 11.0 Å². The van der Waals surface area contributed by atoms with E-state index in [2.05, 4.69) is 12.2 Å². The van der Waals surface area contributed by atoms with Crippen LogP contribution in [0.15, 0.2) is 30.3 Å². The van der Waals surface area contributed by atoms with Gasteiger partial charge in [-0.2, -0.15) is 8.42 Å². The van der Waals surface area contributed by atoms with Crippen LogP contribution in [0.2, 0.25) is 0 Å². The third-order valence-electron chi connectivity index (χ3n) is 1.76. The van der Waals surface area contributed by atoms with Crippen molar-refractivity contribution < 1.29 is 17.8 Å². The Hall–Kier alpha value is -1.11. The Morgan fingerprint density at radius 3 is 2.27 bits per heavy atom. The summed E-state index contributed by atoms with van der Waals surface area (Å²) in [4.78, 5) is 11.6. The molecule has 1 unspecified atom stereocenters. The van der Waals surface area contributed by atoms with Crippen LogP contribution in [-0.4, -0.2) is 29.4 Å². The van der Waals surface area contributed by atoms with Gasteiger partial charge in [-0.1, -0.05) is 42.5 Å². The van der Waals surface area contributed by atoms with Gasteiger partial charge in [0.2, 0.25) is 0 Å². The molecule has 0 bridgehead atoms. The third kappa shape index (κ3) is 2.92. The highest BCUT2D eigenvalue weighted by Crippen LogP contribution is 2.08. The Morgan fingerprint density at radius 2 is 1.87 bits per heavy atom. The zero-order valence-corrected chi connectivity index (χ0v) is 9.16. The molecule has 80 valence electrons. The zero-order chi connectivity index (χ0) is 11.5. The molecule has 0 saturated heterocycles. The van der Waals surface area contributed by atoms with Crippen molar-refractivity contribution in [3.63, 3.8) is 0 Å². The van der Waals surface area contributed by atoms with Crippen LogP contribution >= 0.6 is 12.2 Å². The first kappa shape index (κ1) is 12.0. The molecule has 0 fully saturated rings. The van der Waals surface area contributed by atoms with Crippen molar-refractivity contribution in [2.24, 2.45) is 0 Å². The minimum atomic E-state index is -4.47. The lowest BCUT2D eigenvalue weighted by molar-refractivity contribution is 0.100. The molecule has 15 heavy (non-hydrogen) atoms. The van der Waals surface area contributed by atoms with Crippen LogP contribution < -0.4 is 0 Å². The van der Waals surface area contributed by atoms with Crippen LogP contribution in [0.3, 0.4) is 0 Å². The van der Waals surface area contributed by atoms with Gasteiger partial charge in [-0.25, -0.2) is 0 Å². The number of Topliss-reactive ketones (excluding diaryl/α,β-unsaturated/α-hetero) is 1. The SMILES string of the molecule is O=C(c1ccccc1)C(C=S)S(=O)(=O)O. The molecule has 0 aromatic heterocycles. The van der Waals surface area contributed by atoms with E-state index in [1.54, 1.807) is 18.2 Å². The summed E-state index contributed by atoms with van der Waals surface area (Å²) in [5.74, 6) is -0.729. The summed E-state index contributed by atoms with van der Waals surface area (Å²) in [5.41, 5.74) is 0.196. The van der Waals surface area contributed by atoms with E-state index in [4.69, 9.17) is 4.55 Å². The molecule has 0 radical (unpaired) electrons. The predicted octanol–water partition coefficient (Wildman–Crippen LogP) is 1.13. The Balaban J connectivity index is 3.09. The van der Waals surface area contributed by atoms with Crippen molar-refractivity contribution in [3.05, 3.63) is 35.9 Å². The van der Waals surface area contributed by atoms with Gasteiger partial charge in [-0.3, -0.25) is 9.35 Å². The van der Waals surface area contributed by atoms with E-state index in [-0.39, 0.29) is 5.56 Å². The Morgan fingerprint density at radius 1 is 1.33 bits per heavy atom. The summed E-state index contributed by atoms with van der Waals surface area (Å²) in [6.45, 7) is 0. The van der Waals surface area contributed by atoms with Gasteiger partial charge >= 0.3 is 0 Å². The number of carbonyl (C=O) groups is 1. The van der Waals surface area contributed by atoms with Crippen LogP contribution in [0.4, 0.5) is 0 Å². The molecular weight excluding hydrogens is 236 g/mol. The van der Waals surface area contributed by atoms with Gasteiger partial charge in [0.1, 0.15) is 0 Å². The molecule has 6 heteroatoms. The first-order valence-electron chi connectivity index (χ1n) is 3.97. The molecule has 0 aliphatic rings. The summed E-state index contributed by atoms with van der Waals surface area (Å²) in [7, 11) is -4.47. The molecule has 0 aliphatic heterocycles. The van der Waals surface area contributed by atoms with Gasteiger partial charge < -0.3 is 0 Å². The van der Waals surface area contributed by atoms with Gasteiger partial charge in [0, 0.05) is 10.9 Å². The number of hydrogen-bond donors (Lipinski definition) is 1. The monoisotopic (exact) mass is 244 g/mol. The molecule has 0 spiro atoms. The molecule has 1 aromatic rings. The number of rotatable bonds is 4. The normalized spacial score (nSPS) is 13.1. The minimum absolute atomic E-state index is 0.196. The number of hydrogen-bond acceptors (Lipinski definition) is 4. The summed E-state index contributed by atoms with van der Waals surface area (Å²) in [5, 5.41) is -0.931. The number of benzene rings is 1. The smallest absolute Gasteiger partial charge is 0.279 e. The van der Waals surface area contributed by atoms with E-state index in [0.29, 0.717) is 0 Å². The molecular formula is C9H8O4S2. The van der Waals surface area contributed by atoms with Crippen LogP contribution in [0.25, 0.3) is 0 Å². The zero-order valence-electron chi connectivity index (χ0n) is 7.53. The van der Waals surface area contributed by atoms with E-state index in [9.17, 15) is 13.2 Å². The van der Waals surface area contributed by atoms with Crippen LogP contribution in [0.1, 0.15) is 10.4 Å². The topological polar surface area (TPSA) is 71.4 Å². The standard InChI is InChI=1S/C9H8O4S2/c10-9(7-4-2-1-3-5-7)8(6-14)15(11,12)13/h1-6,8H,(H,11,12,13). The Bertz CT molecular complexity index is 464. The fraction of sp³-hybridized carbons (Fsp3) is 0.111. The van der Waals surface area contributed by atoms with Crippen molar-refractivity contribution >= 4 is 33.5 Å². The van der Waals surface area contributed by atoms with Gasteiger partial charge in [0.25, 0.3) is 10.1 Å². The first-order valence-corrected chi connectivity index (χ1v) is 5.95. The fourth-order valence-electron chi connectivity index (χ4n) is 1.03. The average Bonchev–Trinajstić information content (AvgIpc) is 2.18. The second-order valence-electron chi connectivity index (χ2n) is 2.80. The lowest BCUT2D eigenvalue weighted by Gasteiger charge is -2.06. The van der Waals surface area contributed by atoms with Gasteiger partial charge in [-0.15, -0.1) is 0 Å². The molecule has 1 N–H and O–H groups in total. The average molecular weight is 244 g/mol. The summed E-state index contributed by atoms with van der Waals surface area (Å²) in [6.07, 6.45) is 0. The maximum atomic E-state index is 11.6. The maximum Gasteiger partial charge on any atom is 0.279 e. The lowest BCUT2D eigenvalue weighted by atomic mass is 10.1. The van der Waals surface area contributed by atoms with Crippen LogP contribution in [-0.2, 0) is 10.1 Å². The minimum Gasteiger partial charge on any atom is -0.292 e. The van der Waals surface area contributed by atoms with Crippen molar-refractivity contribution in [2.45, 2.75) is 5.25 Å². The maximum absolute atomic E-state index is 11.6. The molecule has 0 heterocycles. The lowest BCUT2D eigenvalue weighted by Crippen LogP contribution is -2.30. The quantitative estimate of drug-likeness (QED) is 0.488. The second-order valence-corrected chi connectivity index (χ2v) is 4.61. The molecule has 4 nitrogen and oxygen atoms in total. The van der Waals surface area contributed by atoms with E-state index >= 15 is 0 Å². The second kappa shape index (κ2) is 4.61. The summed E-state index contributed by atoms with van der Waals surface area (Å²) >= 11 is 4.41. The number of thiocarbonyl (C=S) groups is 1. The molecule has 0 saturated carbocycles. The molecule has 1 rings (SSSR count). The summed E-state index contributed by atoms with van der Waals surface area (Å²) in [6, 6.07) is 7.80. The third-order valence-corrected chi connectivity index (χ3v) is 3.20. The highest BCUT2D eigenvalue weighted by atomic mass is 32.2. The molecule has 0 aliphatic carbocycles. The largest absolute Gasteiger partial charge is 0.292 e. The highest BCUT2D eigenvalue weighted by molar-refractivity contribution is 7.90. The summed E-state index contributed by atoms with van der Waals surface area (Å²) < 4.78 is 30.4. The van der Waals surface area contributed by atoms with Crippen molar-refractivity contribution in [1.82, 2.24) is 0 Å². The van der Waals surface area contributed by atoms with Gasteiger partial charge in [-0.05, 0) is 0 Å². The Labute approximate surface area is 92.7 Å². The van der Waals surface area contributed by atoms with Crippen LogP contribution in [0.5, 0.6) is 0 Å². The Kier molecular flexibility index (Phi) is 3.67. The highest BCUT2D eigenvalue weighted by Gasteiger charge is 2.29. The van der Waals surface area contributed by atoms with Gasteiger partial charge in [0.05, 0.1) is 0 Å².